The van der Waals surface area contributed by atoms with Crippen LogP contribution < -0.4 is 14.2 Å². The Hall–Kier alpha value is -4.40. The van der Waals surface area contributed by atoms with Crippen molar-refractivity contribution in [2.75, 3.05) is 6.79 Å². The van der Waals surface area contributed by atoms with E-state index in [1.165, 1.54) is 30.3 Å². The zero-order valence-corrected chi connectivity index (χ0v) is 15.9. The van der Waals surface area contributed by atoms with Crippen LogP contribution in [0.3, 0.4) is 0 Å². The first-order valence-corrected chi connectivity index (χ1v) is 9.31. The molecule has 2 heterocycles. The molecule has 0 spiro atoms. The molecule has 0 bridgehead atoms. The third-order valence-electron chi connectivity index (χ3n) is 4.98. The van der Waals surface area contributed by atoms with Crippen molar-refractivity contribution in [3.63, 3.8) is 0 Å². The van der Waals surface area contributed by atoms with Crippen molar-refractivity contribution >= 4 is 17.5 Å². The second kappa shape index (κ2) is 7.13. The number of nitro groups is 1. The molecule has 3 aromatic carbocycles. The van der Waals surface area contributed by atoms with Gasteiger partial charge in [-0.05, 0) is 42.0 Å². The Morgan fingerprint density at radius 3 is 2.52 bits per heavy atom. The van der Waals surface area contributed by atoms with Crippen LogP contribution in [0, 0.1) is 10.1 Å². The maximum Gasteiger partial charge on any atom is 0.273 e. The summed E-state index contributed by atoms with van der Waals surface area (Å²) < 4.78 is 16.3. The van der Waals surface area contributed by atoms with Crippen LogP contribution in [0.15, 0.2) is 60.7 Å². The second-order valence-corrected chi connectivity index (χ2v) is 6.95. The van der Waals surface area contributed by atoms with Gasteiger partial charge in [0, 0.05) is 6.07 Å². The summed E-state index contributed by atoms with van der Waals surface area (Å²) in [6.07, 6.45) is 0. The maximum absolute atomic E-state index is 12.9. The molecule has 0 aliphatic carbocycles. The average Bonchev–Trinajstić information content (AvgIpc) is 3.32. The highest BCUT2D eigenvalue weighted by atomic mass is 16.7. The number of amides is 2. The van der Waals surface area contributed by atoms with E-state index in [2.05, 4.69) is 0 Å². The van der Waals surface area contributed by atoms with Gasteiger partial charge in [0.05, 0.1) is 28.7 Å². The summed E-state index contributed by atoms with van der Waals surface area (Å²) in [6, 6.07) is 15.5. The lowest BCUT2D eigenvalue weighted by Gasteiger charge is -2.14. The highest BCUT2D eigenvalue weighted by Crippen LogP contribution is 2.35. The van der Waals surface area contributed by atoms with Gasteiger partial charge in [0.2, 0.25) is 6.79 Å². The summed E-state index contributed by atoms with van der Waals surface area (Å²) in [4.78, 5) is 37.2. The largest absolute Gasteiger partial charge is 0.457 e. The van der Waals surface area contributed by atoms with Gasteiger partial charge in [0.25, 0.3) is 17.5 Å². The summed E-state index contributed by atoms with van der Waals surface area (Å²) in [5.41, 5.74) is 1.11. The summed E-state index contributed by atoms with van der Waals surface area (Å²) in [7, 11) is 0. The number of carbonyl (C=O) groups is 2. The monoisotopic (exact) mass is 418 g/mol. The predicted octanol–water partition coefficient (Wildman–Crippen LogP) is 3.91. The van der Waals surface area contributed by atoms with E-state index in [1.54, 1.807) is 30.3 Å². The van der Waals surface area contributed by atoms with Crippen molar-refractivity contribution in [2.24, 2.45) is 0 Å². The van der Waals surface area contributed by atoms with Gasteiger partial charge in [0.1, 0.15) is 11.5 Å². The summed E-state index contributed by atoms with van der Waals surface area (Å²) in [6.45, 7) is 0.225. The molecular weight excluding hydrogens is 404 g/mol. The predicted molar refractivity (Wildman–Crippen MR) is 106 cm³/mol. The van der Waals surface area contributed by atoms with E-state index in [0.717, 1.165) is 10.5 Å². The number of imide groups is 1. The molecule has 0 radical (unpaired) electrons. The van der Waals surface area contributed by atoms with Gasteiger partial charge in [-0.25, -0.2) is 0 Å². The third-order valence-corrected chi connectivity index (χ3v) is 4.98. The van der Waals surface area contributed by atoms with Crippen LogP contribution in [-0.2, 0) is 6.54 Å². The van der Waals surface area contributed by atoms with E-state index in [1.807, 2.05) is 0 Å². The third kappa shape index (κ3) is 3.31. The number of carbonyl (C=O) groups excluding carboxylic acids is 2. The smallest absolute Gasteiger partial charge is 0.273 e. The van der Waals surface area contributed by atoms with Crippen molar-refractivity contribution in [1.82, 2.24) is 4.90 Å². The molecule has 154 valence electrons. The highest BCUT2D eigenvalue weighted by Gasteiger charge is 2.36. The van der Waals surface area contributed by atoms with Crippen molar-refractivity contribution < 1.29 is 28.7 Å². The minimum Gasteiger partial charge on any atom is -0.457 e. The topological polar surface area (TPSA) is 108 Å². The molecule has 0 saturated heterocycles. The van der Waals surface area contributed by atoms with Crippen molar-refractivity contribution in [2.45, 2.75) is 6.54 Å². The number of nitro benzene ring substituents is 1. The van der Waals surface area contributed by atoms with E-state index in [9.17, 15) is 19.7 Å². The lowest BCUT2D eigenvalue weighted by molar-refractivity contribution is -0.384. The van der Waals surface area contributed by atoms with Gasteiger partial charge in [0.15, 0.2) is 11.5 Å². The van der Waals surface area contributed by atoms with E-state index in [-0.39, 0.29) is 35.9 Å². The Bertz CT molecular complexity index is 1250. The Kier molecular flexibility index (Phi) is 4.28. The zero-order chi connectivity index (χ0) is 21.5. The van der Waals surface area contributed by atoms with E-state index >= 15 is 0 Å². The Labute approximate surface area is 175 Å². The van der Waals surface area contributed by atoms with Crippen LogP contribution >= 0.6 is 0 Å². The molecule has 0 aromatic heterocycles. The first-order valence-electron chi connectivity index (χ1n) is 9.31. The van der Waals surface area contributed by atoms with E-state index in [4.69, 9.17) is 14.2 Å². The van der Waals surface area contributed by atoms with Gasteiger partial charge in [-0.3, -0.25) is 24.6 Å². The highest BCUT2D eigenvalue weighted by molar-refractivity contribution is 6.21. The van der Waals surface area contributed by atoms with Crippen LogP contribution in [0.25, 0.3) is 0 Å². The number of non-ortho nitro benzene ring substituents is 1. The molecule has 2 amide bonds. The van der Waals surface area contributed by atoms with Crippen LogP contribution in [-0.4, -0.2) is 28.4 Å². The van der Waals surface area contributed by atoms with Gasteiger partial charge in [-0.2, -0.15) is 0 Å². The quantitative estimate of drug-likeness (QED) is 0.351. The number of benzene rings is 3. The minimum absolute atomic E-state index is 0.0874. The first-order chi connectivity index (χ1) is 15.0. The molecule has 2 aliphatic rings. The normalized spacial score (nSPS) is 14.0. The lowest BCUT2D eigenvalue weighted by atomic mass is 10.1. The molecule has 9 heteroatoms. The standard InChI is InChI=1S/C22H14N2O7/c25-21-17-6-5-16(31-15-3-1-2-14(9-15)24(27)28)10-18(17)22(26)23(21)11-13-4-7-19-20(8-13)30-12-29-19/h1-10H,11-12H2. The molecule has 0 atom stereocenters. The molecule has 5 rings (SSSR count). The summed E-state index contributed by atoms with van der Waals surface area (Å²) >= 11 is 0. The van der Waals surface area contributed by atoms with E-state index in [0.29, 0.717) is 17.2 Å². The fraction of sp³-hybridized carbons (Fsp3) is 0.0909. The van der Waals surface area contributed by atoms with Crippen LogP contribution in [0.5, 0.6) is 23.0 Å². The lowest BCUT2D eigenvalue weighted by Crippen LogP contribution is -2.29. The number of nitrogens with zero attached hydrogens (tertiary/aromatic N) is 2. The molecule has 3 aromatic rings. The fourth-order valence-electron chi connectivity index (χ4n) is 3.50. The fourth-order valence-corrected chi connectivity index (χ4v) is 3.50. The first kappa shape index (κ1) is 18.6. The van der Waals surface area contributed by atoms with Crippen LogP contribution in [0.4, 0.5) is 5.69 Å². The summed E-state index contributed by atoms with van der Waals surface area (Å²) in [5.74, 6) is 0.894. The number of ether oxygens (including phenoxy) is 3. The molecule has 0 unspecified atom stereocenters. The maximum atomic E-state index is 12.9. The van der Waals surface area contributed by atoms with Gasteiger partial charge in [-0.15, -0.1) is 0 Å². The Balaban J connectivity index is 1.38. The molecule has 0 N–H and O–H groups in total. The molecule has 31 heavy (non-hydrogen) atoms. The van der Waals surface area contributed by atoms with Gasteiger partial charge in [-0.1, -0.05) is 12.1 Å². The molecular formula is C22H14N2O7. The van der Waals surface area contributed by atoms with Gasteiger partial charge < -0.3 is 14.2 Å². The van der Waals surface area contributed by atoms with Crippen LogP contribution in [0.2, 0.25) is 0 Å². The number of hydrogen-bond acceptors (Lipinski definition) is 7. The molecule has 0 fully saturated rings. The Morgan fingerprint density at radius 1 is 0.903 bits per heavy atom. The summed E-state index contributed by atoms with van der Waals surface area (Å²) in [5, 5.41) is 10.9. The molecule has 0 saturated carbocycles. The van der Waals surface area contributed by atoms with Crippen molar-refractivity contribution in [3.8, 4) is 23.0 Å². The van der Waals surface area contributed by atoms with Gasteiger partial charge >= 0.3 is 0 Å². The average molecular weight is 418 g/mol. The van der Waals surface area contributed by atoms with E-state index < -0.39 is 16.7 Å². The number of hydrogen-bond donors (Lipinski definition) is 0. The minimum atomic E-state index is -0.522. The number of fused-ring (bicyclic) bond motifs is 2. The molecule has 2 aliphatic heterocycles. The Morgan fingerprint density at radius 2 is 1.68 bits per heavy atom. The molecule has 9 nitrogen and oxygen atoms in total. The number of rotatable bonds is 5. The van der Waals surface area contributed by atoms with Crippen molar-refractivity contribution in [3.05, 3.63) is 87.5 Å². The van der Waals surface area contributed by atoms with Crippen LogP contribution in [0.1, 0.15) is 26.3 Å². The van der Waals surface area contributed by atoms with Crippen molar-refractivity contribution in [1.29, 1.82) is 0 Å². The zero-order valence-electron chi connectivity index (χ0n) is 15.9. The second-order valence-electron chi connectivity index (χ2n) is 6.95. The SMILES string of the molecule is O=C1c2ccc(Oc3cccc([N+](=O)[O-])c3)cc2C(=O)N1Cc1ccc2c(c1)OCO2.